The minimum Gasteiger partial charge on any atom is -0.384 e. The fourth-order valence-corrected chi connectivity index (χ4v) is 3.69. The SMILES string of the molecule is COCCn1ncc(Cl)c1C1(O)CCC(C(C)(C)C)CC1. The van der Waals surface area contributed by atoms with Crippen molar-refractivity contribution in [3.63, 3.8) is 0 Å². The maximum atomic E-state index is 11.1. The van der Waals surface area contributed by atoms with Crippen molar-refractivity contribution in [2.45, 2.75) is 58.6 Å². The standard InChI is InChI=1S/C16H27ClN2O2/c1-15(2,3)12-5-7-16(20,8-6-12)14-13(17)11-18-19(14)9-10-21-4/h11-12,20H,5-10H2,1-4H3. The Labute approximate surface area is 132 Å². The molecule has 21 heavy (non-hydrogen) atoms. The fraction of sp³-hybridized carbons (Fsp3) is 0.812. The van der Waals surface area contributed by atoms with Crippen LogP contribution in [0.2, 0.25) is 5.02 Å². The summed E-state index contributed by atoms with van der Waals surface area (Å²) in [5.74, 6) is 0.645. The van der Waals surface area contributed by atoms with E-state index < -0.39 is 5.60 Å². The van der Waals surface area contributed by atoms with Gasteiger partial charge in [0.25, 0.3) is 0 Å². The summed E-state index contributed by atoms with van der Waals surface area (Å²) in [7, 11) is 1.66. The van der Waals surface area contributed by atoms with Gasteiger partial charge in [0.15, 0.2) is 0 Å². The zero-order valence-electron chi connectivity index (χ0n) is 13.5. The molecule has 0 saturated heterocycles. The molecular weight excluding hydrogens is 288 g/mol. The highest BCUT2D eigenvalue weighted by molar-refractivity contribution is 6.31. The van der Waals surface area contributed by atoms with Crippen LogP contribution in [-0.2, 0) is 16.9 Å². The summed E-state index contributed by atoms with van der Waals surface area (Å²) in [6, 6.07) is 0. The Morgan fingerprint density at radius 1 is 1.43 bits per heavy atom. The largest absolute Gasteiger partial charge is 0.384 e. The first-order valence-electron chi connectivity index (χ1n) is 7.71. The van der Waals surface area contributed by atoms with Crippen LogP contribution >= 0.6 is 11.6 Å². The first kappa shape index (κ1) is 16.8. The Kier molecular flexibility index (Phi) is 5.01. The third-order valence-electron chi connectivity index (χ3n) is 4.78. The van der Waals surface area contributed by atoms with E-state index in [1.165, 1.54) is 0 Å². The predicted molar refractivity (Wildman–Crippen MR) is 84.4 cm³/mol. The van der Waals surface area contributed by atoms with Crippen LogP contribution in [0.15, 0.2) is 6.20 Å². The van der Waals surface area contributed by atoms with Crippen molar-refractivity contribution >= 4 is 11.6 Å². The summed E-state index contributed by atoms with van der Waals surface area (Å²) in [6.07, 6.45) is 5.15. The number of methoxy groups -OCH3 is 1. The highest BCUT2D eigenvalue weighted by Crippen LogP contribution is 2.46. The van der Waals surface area contributed by atoms with Crippen LogP contribution in [0, 0.1) is 11.3 Å². The Bertz CT molecular complexity index is 471. The summed E-state index contributed by atoms with van der Waals surface area (Å²) in [5.41, 5.74) is 0.193. The van der Waals surface area contributed by atoms with Crippen molar-refractivity contribution in [1.29, 1.82) is 0 Å². The quantitative estimate of drug-likeness (QED) is 0.923. The minimum atomic E-state index is -0.858. The number of halogens is 1. The lowest BCUT2D eigenvalue weighted by Crippen LogP contribution is -2.37. The normalized spacial score (nSPS) is 27.0. The lowest BCUT2D eigenvalue weighted by molar-refractivity contribution is -0.0368. The van der Waals surface area contributed by atoms with Gasteiger partial charge in [0, 0.05) is 7.11 Å². The molecule has 0 atom stereocenters. The molecule has 0 aromatic carbocycles. The molecule has 1 aromatic heterocycles. The van der Waals surface area contributed by atoms with Crippen LogP contribution in [0.4, 0.5) is 0 Å². The van der Waals surface area contributed by atoms with Crippen molar-refractivity contribution < 1.29 is 9.84 Å². The topological polar surface area (TPSA) is 47.3 Å². The fourth-order valence-electron chi connectivity index (χ4n) is 3.37. The number of rotatable bonds is 4. The van der Waals surface area contributed by atoms with E-state index in [1.54, 1.807) is 18.0 Å². The van der Waals surface area contributed by atoms with Crippen LogP contribution < -0.4 is 0 Å². The van der Waals surface area contributed by atoms with Gasteiger partial charge in [0.1, 0.15) is 5.60 Å². The van der Waals surface area contributed by atoms with Gasteiger partial charge in [0.2, 0.25) is 0 Å². The van der Waals surface area contributed by atoms with Crippen LogP contribution in [0.25, 0.3) is 0 Å². The molecule has 0 aliphatic heterocycles. The summed E-state index contributed by atoms with van der Waals surface area (Å²) >= 11 is 6.29. The number of hydrogen-bond acceptors (Lipinski definition) is 3. The molecule has 1 heterocycles. The number of aliphatic hydroxyl groups is 1. The second-order valence-corrected chi connectivity index (χ2v) is 7.64. The van der Waals surface area contributed by atoms with Gasteiger partial charge in [-0.05, 0) is 37.0 Å². The predicted octanol–water partition coefficient (Wildman–Crippen LogP) is 3.61. The highest BCUT2D eigenvalue weighted by Gasteiger charge is 2.41. The summed E-state index contributed by atoms with van der Waals surface area (Å²) in [4.78, 5) is 0. The zero-order chi connectivity index (χ0) is 15.7. The number of hydrogen-bond donors (Lipinski definition) is 1. The van der Waals surface area contributed by atoms with Gasteiger partial charge >= 0.3 is 0 Å². The molecule has 120 valence electrons. The van der Waals surface area contributed by atoms with Crippen molar-refractivity contribution in [2.75, 3.05) is 13.7 Å². The van der Waals surface area contributed by atoms with Crippen molar-refractivity contribution in [3.05, 3.63) is 16.9 Å². The van der Waals surface area contributed by atoms with Crippen molar-refractivity contribution in [1.82, 2.24) is 9.78 Å². The molecule has 0 radical (unpaired) electrons. The Hall–Kier alpha value is -0.580. The van der Waals surface area contributed by atoms with E-state index in [4.69, 9.17) is 16.3 Å². The molecule has 1 aromatic rings. The molecule has 1 fully saturated rings. The number of aromatic nitrogens is 2. The maximum Gasteiger partial charge on any atom is 0.108 e. The van der Waals surface area contributed by atoms with Gasteiger partial charge in [-0.3, -0.25) is 4.68 Å². The van der Waals surface area contributed by atoms with Crippen LogP contribution in [0.3, 0.4) is 0 Å². The molecular formula is C16H27ClN2O2. The summed E-state index contributed by atoms with van der Waals surface area (Å²) in [5, 5.41) is 15.9. The molecule has 0 unspecified atom stereocenters. The van der Waals surface area contributed by atoms with E-state index in [2.05, 4.69) is 25.9 Å². The van der Waals surface area contributed by atoms with Crippen LogP contribution in [0.5, 0.6) is 0 Å². The lowest BCUT2D eigenvalue weighted by Gasteiger charge is -2.41. The van der Waals surface area contributed by atoms with Crippen LogP contribution in [0.1, 0.15) is 52.1 Å². The highest BCUT2D eigenvalue weighted by atomic mass is 35.5. The summed E-state index contributed by atoms with van der Waals surface area (Å²) in [6.45, 7) is 8.00. The molecule has 0 spiro atoms. The molecule has 1 saturated carbocycles. The van der Waals surface area contributed by atoms with Crippen molar-refractivity contribution in [3.8, 4) is 0 Å². The molecule has 5 heteroatoms. The van der Waals surface area contributed by atoms with E-state index in [1.807, 2.05) is 0 Å². The Morgan fingerprint density at radius 2 is 2.05 bits per heavy atom. The van der Waals surface area contributed by atoms with Crippen LogP contribution in [-0.4, -0.2) is 28.6 Å². The monoisotopic (exact) mass is 314 g/mol. The maximum absolute atomic E-state index is 11.1. The molecule has 1 N–H and O–H groups in total. The van der Waals surface area contributed by atoms with E-state index >= 15 is 0 Å². The van der Waals surface area contributed by atoms with E-state index in [0.717, 1.165) is 31.4 Å². The first-order valence-corrected chi connectivity index (χ1v) is 8.09. The lowest BCUT2D eigenvalue weighted by atomic mass is 9.67. The Morgan fingerprint density at radius 3 is 2.57 bits per heavy atom. The first-order chi connectivity index (χ1) is 9.78. The van der Waals surface area contributed by atoms with Gasteiger partial charge in [-0.1, -0.05) is 32.4 Å². The van der Waals surface area contributed by atoms with Gasteiger partial charge in [0.05, 0.1) is 30.1 Å². The number of nitrogens with zero attached hydrogens (tertiary/aromatic N) is 2. The van der Waals surface area contributed by atoms with E-state index in [0.29, 0.717) is 29.5 Å². The second-order valence-electron chi connectivity index (χ2n) is 7.23. The number of ether oxygens (including phenoxy) is 1. The van der Waals surface area contributed by atoms with Gasteiger partial charge < -0.3 is 9.84 Å². The van der Waals surface area contributed by atoms with Crippen molar-refractivity contribution in [2.24, 2.45) is 11.3 Å². The average Bonchev–Trinajstić information content (AvgIpc) is 2.77. The molecule has 1 aliphatic rings. The third kappa shape index (κ3) is 3.61. The van der Waals surface area contributed by atoms with Gasteiger partial charge in [-0.2, -0.15) is 5.10 Å². The van der Waals surface area contributed by atoms with Gasteiger partial charge in [-0.25, -0.2) is 0 Å². The molecule has 0 bridgehead atoms. The smallest absolute Gasteiger partial charge is 0.108 e. The summed E-state index contributed by atoms with van der Waals surface area (Å²) < 4.78 is 6.90. The third-order valence-corrected chi connectivity index (χ3v) is 5.06. The average molecular weight is 315 g/mol. The molecule has 2 rings (SSSR count). The Balaban J connectivity index is 2.17. The van der Waals surface area contributed by atoms with E-state index in [-0.39, 0.29) is 0 Å². The molecule has 1 aliphatic carbocycles. The molecule has 4 nitrogen and oxygen atoms in total. The zero-order valence-corrected chi connectivity index (χ0v) is 14.3. The van der Waals surface area contributed by atoms with E-state index in [9.17, 15) is 5.11 Å². The minimum absolute atomic E-state index is 0.293. The van der Waals surface area contributed by atoms with Gasteiger partial charge in [-0.15, -0.1) is 0 Å². The molecule has 0 amide bonds. The second kappa shape index (κ2) is 6.27.